The second-order valence-electron chi connectivity index (χ2n) is 8.90. The Morgan fingerprint density at radius 1 is 1.09 bits per heavy atom. The van der Waals surface area contributed by atoms with Crippen LogP contribution in [-0.2, 0) is 17.9 Å². The van der Waals surface area contributed by atoms with Crippen molar-refractivity contribution < 1.29 is 13.9 Å². The van der Waals surface area contributed by atoms with Gasteiger partial charge in [0.15, 0.2) is 0 Å². The number of halogens is 1. The van der Waals surface area contributed by atoms with Crippen molar-refractivity contribution in [1.29, 1.82) is 0 Å². The number of nitrogens with zero attached hydrogens (tertiary/aromatic N) is 2. The van der Waals surface area contributed by atoms with Gasteiger partial charge < -0.3 is 19.9 Å². The van der Waals surface area contributed by atoms with Gasteiger partial charge in [0.2, 0.25) is 5.91 Å². The lowest BCUT2D eigenvalue weighted by Gasteiger charge is -2.22. The fourth-order valence-electron chi connectivity index (χ4n) is 4.65. The van der Waals surface area contributed by atoms with Crippen LogP contribution in [0.4, 0.5) is 10.1 Å². The fourth-order valence-corrected chi connectivity index (χ4v) is 4.65. The van der Waals surface area contributed by atoms with Crippen LogP contribution < -0.4 is 15.0 Å². The van der Waals surface area contributed by atoms with Gasteiger partial charge in [0, 0.05) is 49.9 Å². The molecule has 0 saturated carbocycles. The molecule has 2 fully saturated rings. The first-order valence-corrected chi connectivity index (χ1v) is 11.9. The number of hydrogen-bond acceptors (Lipinski definition) is 4. The van der Waals surface area contributed by atoms with Gasteiger partial charge in [0.05, 0.1) is 6.61 Å². The van der Waals surface area contributed by atoms with E-state index in [1.54, 1.807) is 12.1 Å². The molecule has 1 amide bonds. The monoisotopic (exact) mass is 439 g/mol. The number of hydrogen-bond donors (Lipinski definition) is 1. The Bertz CT molecular complexity index is 902. The zero-order chi connectivity index (χ0) is 22.3. The molecule has 2 aliphatic heterocycles. The zero-order valence-corrected chi connectivity index (χ0v) is 19.0. The van der Waals surface area contributed by atoms with Gasteiger partial charge in [-0.1, -0.05) is 12.1 Å². The van der Waals surface area contributed by atoms with Crippen molar-refractivity contribution in [2.45, 2.75) is 58.2 Å². The molecule has 0 radical (unpaired) electrons. The van der Waals surface area contributed by atoms with Crippen molar-refractivity contribution in [2.24, 2.45) is 0 Å². The van der Waals surface area contributed by atoms with E-state index in [9.17, 15) is 9.18 Å². The Hall–Kier alpha value is -2.44. The van der Waals surface area contributed by atoms with E-state index in [0.717, 1.165) is 48.5 Å². The smallest absolute Gasteiger partial charge is 0.227 e. The lowest BCUT2D eigenvalue weighted by Crippen LogP contribution is -2.28. The number of nitrogens with one attached hydrogen (secondary N) is 1. The third-order valence-electron chi connectivity index (χ3n) is 6.52. The average Bonchev–Trinajstić information content (AvgIpc) is 3.41. The zero-order valence-electron chi connectivity index (χ0n) is 19.0. The van der Waals surface area contributed by atoms with E-state index in [4.69, 9.17) is 4.74 Å². The second kappa shape index (κ2) is 10.9. The van der Waals surface area contributed by atoms with Crippen molar-refractivity contribution >= 4 is 11.6 Å². The molecule has 2 heterocycles. The Labute approximate surface area is 190 Å². The molecule has 172 valence electrons. The topological polar surface area (TPSA) is 44.8 Å². The molecule has 6 heteroatoms. The van der Waals surface area contributed by atoms with Gasteiger partial charge in [-0.3, -0.25) is 4.79 Å². The summed E-state index contributed by atoms with van der Waals surface area (Å²) in [4.78, 5) is 16.6. The molecule has 32 heavy (non-hydrogen) atoms. The predicted octanol–water partition coefficient (Wildman–Crippen LogP) is 4.50. The normalized spacial score (nSPS) is 19.1. The summed E-state index contributed by atoms with van der Waals surface area (Å²) >= 11 is 0. The van der Waals surface area contributed by atoms with Crippen LogP contribution in [0.25, 0.3) is 0 Å². The lowest BCUT2D eigenvalue weighted by atomic mass is 10.1. The minimum absolute atomic E-state index is 0.184. The third-order valence-corrected chi connectivity index (χ3v) is 6.52. The largest absolute Gasteiger partial charge is 0.493 e. The molecular weight excluding hydrogens is 405 g/mol. The summed E-state index contributed by atoms with van der Waals surface area (Å²) in [5.74, 6) is 0.820. The van der Waals surface area contributed by atoms with Gasteiger partial charge in [-0.05, 0) is 75.0 Å². The standard InChI is InChI=1S/C26H34FN3O2/c1-20-5-2-13-29(20)14-4-16-32-25-12-11-24(30-15-3-6-26(30)31)17-22(25)19-28-18-21-7-9-23(27)10-8-21/h7-12,17,20,28H,2-6,13-16,18-19H2,1H3. The van der Waals surface area contributed by atoms with Crippen LogP contribution in [0.5, 0.6) is 5.75 Å². The van der Waals surface area contributed by atoms with Gasteiger partial charge in [-0.2, -0.15) is 0 Å². The number of rotatable bonds is 10. The highest BCUT2D eigenvalue weighted by Gasteiger charge is 2.23. The lowest BCUT2D eigenvalue weighted by molar-refractivity contribution is -0.117. The molecule has 2 saturated heterocycles. The maximum absolute atomic E-state index is 13.1. The summed E-state index contributed by atoms with van der Waals surface area (Å²) in [5, 5.41) is 3.43. The van der Waals surface area contributed by atoms with Crippen LogP contribution >= 0.6 is 0 Å². The van der Waals surface area contributed by atoms with E-state index in [2.05, 4.69) is 23.2 Å². The molecule has 5 nitrogen and oxygen atoms in total. The van der Waals surface area contributed by atoms with E-state index in [0.29, 0.717) is 32.2 Å². The van der Waals surface area contributed by atoms with Crippen LogP contribution in [0.15, 0.2) is 42.5 Å². The SMILES string of the molecule is CC1CCCN1CCCOc1ccc(N2CCCC2=O)cc1CNCc1ccc(F)cc1. The van der Waals surface area contributed by atoms with Gasteiger partial charge >= 0.3 is 0 Å². The first-order chi connectivity index (χ1) is 15.6. The molecule has 4 rings (SSSR count). The molecule has 1 unspecified atom stereocenters. The summed E-state index contributed by atoms with van der Waals surface area (Å²) in [6.07, 6.45) is 5.11. The summed E-state index contributed by atoms with van der Waals surface area (Å²) in [6, 6.07) is 13.3. The Morgan fingerprint density at radius 3 is 2.66 bits per heavy atom. The molecule has 0 bridgehead atoms. The predicted molar refractivity (Wildman–Crippen MR) is 125 cm³/mol. The first-order valence-electron chi connectivity index (χ1n) is 11.9. The van der Waals surface area contributed by atoms with Crippen molar-refractivity contribution in [2.75, 3.05) is 31.1 Å². The van der Waals surface area contributed by atoms with Gasteiger partial charge in [0.25, 0.3) is 0 Å². The van der Waals surface area contributed by atoms with Crippen molar-refractivity contribution in [3.8, 4) is 5.75 Å². The molecule has 2 aromatic carbocycles. The highest BCUT2D eigenvalue weighted by Crippen LogP contribution is 2.28. The molecule has 0 aliphatic carbocycles. The van der Waals surface area contributed by atoms with Gasteiger partial charge in [-0.25, -0.2) is 4.39 Å². The third kappa shape index (κ3) is 5.87. The minimum Gasteiger partial charge on any atom is -0.493 e. The summed E-state index contributed by atoms with van der Waals surface area (Å²) in [6.45, 7) is 7.27. The highest BCUT2D eigenvalue weighted by atomic mass is 19.1. The molecule has 0 spiro atoms. The van der Waals surface area contributed by atoms with Gasteiger partial charge in [-0.15, -0.1) is 0 Å². The van der Waals surface area contributed by atoms with Crippen molar-refractivity contribution in [3.05, 3.63) is 59.4 Å². The number of likely N-dealkylation sites (tertiary alicyclic amines) is 1. The average molecular weight is 440 g/mol. The maximum atomic E-state index is 13.1. The van der Waals surface area contributed by atoms with Crippen LogP contribution in [0.1, 0.15) is 50.2 Å². The molecule has 1 N–H and O–H groups in total. The number of benzene rings is 2. The van der Waals surface area contributed by atoms with Crippen LogP contribution in [0.3, 0.4) is 0 Å². The van der Waals surface area contributed by atoms with E-state index in [1.807, 2.05) is 17.0 Å². The van der Waals surface area contributed by atoms with E-state index < -0.39 is 0 Å². The number of amides is 1. The fraction of sp³-hybridized carbons (Fsp3) is 0.500. The number of anilines is 1. The molecule has 0 aromatic heterocycles. The molecule has 2 aromatic rings. The maximum Gasteiger partial charge on any atom is 0.227 e. The molecule has 2 aliphatic rings. The van der Waals surface area contributed by atoms with Crippen LogP contribution in [0, 0.1) is 5.82 Å². The van der Waals surface area contributed by atoms with E-state index >= 15 is 0 Å². The number of carbonyl (C=O) groups excluding carboxylic acids is 1. The Balaban J connectivity index is 1.38. The van der Waals surface area contributed by atoms with Gasteiger partial charge in [0.1, 0.15) is 11.6 Å². The molecule has 1 atom stereocenters. The second-order valence-corrected chi connectivity index (χ2v) is 8.90. The Morgan fingerprint density at radius 2 is 1.94 bits per heavy atom. The van der Waals surface area contributed by atoms with Crippen LogP contribution in [0.2, 0.25) is 0 Å². The van der Waals surface area contributed by atoms with E-state index in [-0.39, 0.29) is 11.7 Å². The van der Waals surface area contributed by atoms with E-state index in [1.165, 1.54) is 31.5 Å². The van der Waals surface area contributed by atoms with Crippen molar-refractivity contribution in [1.82, 2.24) is 10.2 Å². The van der Waals surface area contributed by atoms with Crippen molar-refractivity contribution in [3.63, 3.8) is 0 Å². The number of ether oxygens (including phenoxy) is 1. The minimum atomic E-state index is -0.226. The Kier molecular flexibility index (Phi) is 7.76. The summed E-state index contributed by atoms with van der Waals surface area (Å²) < 4.78 is 19.3. The van der Waals surface area contributed by atoms with Crippen LogP contribution in [-0.4, -0.2) is 43.1 Å². The summed E-state index contributed by atoms with van der Waals surface area (Å²) in [7, 11) is 0. The summed E-state index contributed by atoms with van der Waals surface area (Å²) in [5.41, 5.74) is 3.00. The quantitative estimate of drug-likeness (QED) is 0.554. The molecular formula is C26H34FN3O2. The number of carbonyl (C=O) groups is 1. The first kappa shape index (κ1) is 22.7. The highest BCUT2D eigenvalue weighted by molar-refractivity contribution is 5.95.